The number of ketones is 1. The van der Waals surface area contributed by atoms with Crippen molar-refractivity contribution in [1.82, 2.24) is 0 Å². The molecule has 0 heterocycles. The van der Waals surface area contributed by atoms with E-state index >= 15 is 0 Å². The average molecular weight is 374 g/mol. The van der Waals surface area contributed by atoms with E-state index < -0.39 is 33.1 Å². The van der Waals surface area contributed by atoms with E-state index in [9.17, 15) is 26.4 Å². The molecular weight excluding hydrogens is 357 g/mol. The molecule has 4 nitrogen and oxygen atoms in total. The number of Topliss-reactive ketones (excluding diaryl/α,β-unsaturated/α-hetero) is 1. The summed E-state index contributed by atoms with van der Waals surface area (Å²) in [5.41, 5.74) is -5.79. The monoisotopic (exact) mass is 374 g/mol. The Morgan fingerprint density at radius 2 is 2.00 bits per heavy atom. The molecule has 0 spiro atoms. The van der Waals surface area contributed by atoms with Crippen molar-refractivity contribution in [2.45, 2.75) is 31.7 Å². The van der Waals surface area contributed by atoms with Gasteiger partial charge in [-0.3, -0.25) is 4.79 Å². The molecule has 1 aromatic rings. The van der Waals surface area contributed by atoms with Crippen LogP contribution in [0.2, 0.25) is 0 Å². The minimum atomic E-state index is -5.85. The highest BCUT2D eigenvalue weighted by Gasteiger charge is 2.49. The van der Waals surface area contributed by atoms with Crippen LogP contribution in [0.1, 0.15) is 36.5 Å². The van der Waals surface area contributed by atoms with Gasteiger partial charge < -0.3 is 4.18 Å². The molecule has 0 N–H and O–H groups in total. The SMILES string of the molecule is C=CC#CCCC(CC)C(=O)c1ccccc1OS(=O)(=O)C(F)(F)F. The fraction of sp³-hybridized carbons (Fsp3) is 0.353. The third kappa shape index (κ3) is 5.64. The number of hydrogen-bond donors (Lipinski definition) is 0. The minimum absolute atomic E-state index is 0.209. The molecule has 25 heavy (non-hydrogen) atoms. The Hall–Kier alpha value is -2.27. The molecule has 0 amide bonds. The molecule has 0 aromatic heterocycles. The molecule has 0 aliphatic rings. The third-order valence-corrected chi connectivity index (χ3v) is 4.29. The maximum atomic E-state index is 12.6. The summed E-state index contributed by atoms with van der Waals surface area (Å²) < 4.78 is 64.0. The third-order valence-electron chi connectivity index (χ3n) is 3.32. The van der Waals surface area contributed by atoms with Gasteiger partial charge in [-0.05, 0) is 31.1 Å². The lowest BCUT2D eigenvalue weighted by Crippen LogP contribution is -2.29. The number of carbonyl (C=O) groups excluding carboxylic acids is 1. The van der Waals surface area contributed by atoms with Crippen LogP contribution in [0.5, 0.6) is 5.75 Å². The number of para-hydroxylation sites is 1. The van der Waals surface area contributed by atoms with Gasteiger partial charge in [0.05, 0.1) is 5.56 Å². The first kappa shape index (κ1) is 20.8. The van der Waals surface area contributed by atoms with Gasteiger partial charge in [-0.15, -0.1) is 0 Å². The van der Waals surface area contributed by atoms with Crippen molar-refractivity contribution in [2.24, 2.45) is 5.92 Å². The van der Waals surface area contributed by atoms with E-state index in [0.717, 1.165) is 6.07 Å². The van der Waals surface area contributed by atoms with Gasteiger partial charge in [-0.25, -0.2) is 0 Å². The molecule has 0 radical (unpaired) electrons. The molecule has 1 rings (SSSR count). The van der Waals surface area contributed by atoms with Crippen LogP contribution in [0, 0.1) is 17.8 Å². The minimum Gasteiger partial charge on any atom is -0.375 e. The molecule has 0 bridgehead atoms. The number of benzene rings is 1. The van der Waals surface area contributed by atoms with E-state index in [1.165, 1.54) is 24.3 Å². The first-order valence-corrected chi connectivity index (χ1v) is 8.78. The Kier molecular flexibility index (Phi) is 7.24. The van der Waals surface area contributed by atoms with Gasteiger partial charge in [0.2, 0.25) is 0 Å². The van der Waals surface area contributed by atoms with Crippen LogP contribution < -0.4 is 4.18 Å². The predicted molar refractivity (Wildman–Crippen MR) is 87.4 cm³/mol. The molecule has 0 aliphatic carbocycles. The van der Waals surface area contributed by atoms with Crippen molar-refractivity contribution >= 4 is 15.9 Å². The van der Waals surface area contributed by atoms with E-state index in [0.29, 0.717) is 19.3 Å². The topological polar surface area (TPSA) is 60.4 Å². The number of rotatable bonds is 7. The quantitative estimate of drug-likeness (QED) is 0.312. The second-order valence-electron chi connectivity index (χ2n) is 5.01. The summed E-state index contributed by atoms with van der Waals surface area (Å²) in [7, 11) is -5.85. The van der Waals surface area contributed by atoms with Crippen molar-refractivity contribution < 1.29 is 30.6 Å². The Balaban J connectivity index is 3.09. The van der Waals surface area contributed by atoms with Crippen LogP contribution in [-0.4, -0.2) is 19.7 Å². The number of carbonyl (C=O) groups is 1. The van der Waals surface area contributed by atoms with Crippen LogP contribution >= 0.6 is 0 Å². The van der Waals surface area contributed by atoms with Gasteiger partial charge in [0, 0.05) is 12.3 Å². The molecule has 0 saturated heterocycles. The Labute approximate surface area is 144 Å². The maximum absolute atomic E-state index is 12.6. The zero-order chi connectivity index (χ0) is 19.1. The maximum Gasteiger partial charge on any atom is 0.534 e. The van der Waals surface area contributed by atoms with Gasteiger partial charge in [0.15, 0.2) is 11.5 Å². The summed E-state index contributed by atoms with van der Waals surface area (Å²) in [5.74, 6) is 3.78. The summed E-state index contributed by atoms with van der Waals surface area (Å²) in [6, 6.07) is 4.96. The molecule has 1 unspecified atom stereocenters. The van der Waals surface area contributed by atoms with Crippen molar-refractivity contribution in [2.75, 3.05) is 0 Å². The van der Waals surface area contributed by atoms with Crippen molar-refractivity contribution in [3.8, 4) is 17.6 Å². The fourth-order valence-electron chi connectivity index (χ4n) is 2.04. The first-order valence-electron chi connectivity index (χ1n) is 7.37. The summed E-state index contributed by atoms with van der Waals surface area (Å²) in [4.78, 5) is 12.6. The molecule has 136 valence electrons. The van der Waals surface area contributed by atoms with Gasteiger partial charge in [-0.2, -0.15) is 21.6 Å². The average Bonchev–Trinajstić information content (AvgIpc) is 2.53. The summed E-state index contributed by atoms with van der Waals surface area (Å²) in [6.07, 6.45) is 2.62. The number of hydrogen-bond acceptors (Lipinski definition) is 4. The fourth-order valence-corrected chi connectivity index (χ4v) is 2.52. The molecule has 0 saturated carbocycles. The number of allylic oxidation sites excluding steroid dienone is 1. The zero-order valence-electron chi connectivity index (χ0n) is 13.5. The lowest BCUT2D eigenvalue weighted by atomic mass is 9.91. The molecule has 1 aromatic carbocycles. The van der Waals surface area contributed by atoms with Crippen molar-refractivity contribution in [3.63, 3.8) is 0 Å². The largest absolute Gasteiger partial charge is 0.534 e. The van der Waals surface area contributed by atoms with Crippen molar-refractivity contribution in [3.05, 3.63) is 42.5 Å². The molecule has 8 heteroatoms. The van der Waals surface area contributed by atoms with E-state index in [1.807, 2.05) is 0 Å². The van der Waals surface area contributed by atoms with Gasteiger partial charge in [0.1, 0.15) is 0 Å². The second kappa shape index (κ2) is 8.72. The molecule has 0 fully saturated rings. The van der Waals surface area contributed by atoms with Crippen LogP contribution in [0.3, 0.4) is 0 Å². The van der Waals surface area contributed by atoms with Crippen molar-refractivity contribution in [1.29, 1.82) is 0 Å². The highest BCUT2D eigenvalue weighted by molar-refractivity contribution is 7.88. The first-order chi connectivity index (χ1) is 11.6. The predicted octanol–water partition coefficient (Wildman–Crippen LogP) is 4.09. The van der Waals surface area contributed by atoms with Gasteiger partial charge >= 0.3 is 15.6 Å². The number of halogens is 3. The molecular formula is C17H17F3O4S. The second-order valence-corrected chi connectivity index (χ2v) is 6.55. The Morgan fingerprint density at radius 3 is 2.56 bits per heavy atom. The van der Waals surface area contributed by atoms with E-state index in [-0.39, 0.29) is 5.56 Å². The Morgan fingerprint density at radius 1 is 1.36 bits per heavy atom. The van der Waals surface area contributed by atoms with E-state index in [1.54, 1.807) is 6.92 Å². The van der Waals surface area contributed by atoms with Crippen LogP contribution in [0.25, 0.3) is 0 Å². The Bertz CT molecular complexity index is 786. The normalized spacial score (nSPS) is 12.6. The van der Waals surface area contributed by atoms with Gasteiger partial charge in [-0.1, -0.05) is 37.5 Å². The van der Waals surface area contributed by atoms with Gasteiger partial charge in [0.25, 0.3) is 0 Å². The smallest absolute Gasteiger partial charge is 0.375 e. The summed E-state index contributed by atoms with van der Waals surface area (Å²) in [5, 5.41) is 0. The molecule has 1 atom stereocenters. The lowest BCUT2D eigenvalue weighted by Gasteiger charge is -2.16. The van der Waals surface area contributed by atoms with Crippen LogP contribution in [0.15, 0.2) is 36.9 Å². The van der Waals surface area contributed by atoms with Crippen LogP contribution in [0.4, 0.5) is 13.2 Å². The summed E-state index contributed by atoms with van der Waals surface area (Å²) >= 11 is 0. The molecule has 0 aliphatic heterocycles. The highest BCUT2D eigenvalue weighted by atomic mass is 32.2. The van der Waals surface area contributed by atoms with E-state index in [2.05, 4.69) is 22.6 Å². The lowest BCUT2D eigenvalue weighted by molar-refractivity contribution is -0.0500. The highest BCUT2D eigenvalue weighted by Crippen LogP contribution is 2.31. The van der Waals surface area contributed by atoms with Crippen LogP contribution in [-0.2, 0) is 10.1 Å². The van der Waals surface area contributed by atoms with E-state index in [4.69, 9.17) is 0 Å². The summed E-state index contributed by atoms with van der Waals surface area (Å²) in [6.45, 7) is 5.19. The standard InChI is InChI=1S/C17H17F3O4S/c1-3-5-6-7-10-13(4-2)16(21)14-11-8-9-12-15(14)24-25(22,23)17(18,19)20/h3,8-9,11-13H,1,4,7,10H2,2H3. The number of alkyl halides is 3. The zero-order valence-corrected chi connectivity index (χ0v) is 14.3.